The molecule has 1 unspecified atom stereocenters. The standard InChI is InChI=1S/C21H23F3N4/c1-4-28(16-9-8-15(13-25)17(12-16)21(22,23)24)19-7-5-6-18(20(19,2)3)27-11-10-26-14-27/h6,8-12,14,19H,4-5,7H2,1-3H3. The molecule has 1 atom stereocenters. The fourth-order valence-corrected chi connectivity index (χ4v) is 4.18. The van der Waals surface area contributed by atoms with Crippen LogP contribution in [0, 0.1) is 16.7 Å². The molecule has 0 saturated heterocycles. The highest BCUT2D eigenvalue weighted by atomic mass is 19.4. The van der Waals surface area contributed by atoms with Crippen LogP contribution < -0.4 is 4.90 Å². The van der Waals surface area contributed by atoms with Gasteiger partial charge in [-0.05, 0) is 38.0 Å². The Morgan fingerprint density at radius 2 is 2.11 bits per heavy atom. The first-order valence-corrected chi connectivity index (χ1v) is 9.27. The molecule has 1 aliphatic carbocycles. The van der Waals surface area contributed by atoms with Crippen molar-refractivity contribution in [1.82, 2.24) is 9.55 Å². The number of halogens is 3. The van der Waals surface area contributed by atoms with Gasteiger partial charge in [0.05, 0.1) is 23.5 Å². The van der Waals surface area contributed by atoms with E-state index in [1.165, 1.54) is 6.07 Å². The van der Waals surface area contributed by atoms with Gasteiger partial charge >= 0.3 is 6.18 Å². The highest BCUT2D eigenvalue weighted by Gasteiger charge is 2.40. The molecule has 0 radical (unpaired) electrons. The van der Waals surface area contributed by atoms with Gasteiger partial charge in [0.2, 0.25) is 0 Å². The third-order valence-corrected chi connectivity index (χ3v) is 5.53. The van der Waals surface area contributed by atoms with Crippen molar-refractivity contribution in [2.24, 2.45) is 5.41 Å². The van der Waals surface area contributed by atoms with E-state index in [1.54, 1.807) is 24.7 Å². The fraction of sp³-hybridized carbons (Fsp3) is 0.429. The van der Waals surface area contributed by atoms with Crippen LogP contribution in [-0.2, 0) is 6.18 Å². The Morgan fingerprint density at radius 3 is 2.68 bits per heavy atom. The summed E-state index contributed by atoms with van der Waals surface area (Å²) in [6.07, 6.45) is 4.62. The number of rotatable bonds is 4. The Labute approximate surface area is 162 Å². The van der Waals surface area contributed by atoms with Gasteiger partial charge in [-0.1, -0.05) is 19.9 Å². The molecular formula is C21H23F3N4. The molecule has 0 aliphatic heterocycles. The molecule has 7 heteroatoms. The Balaban J connectivity index is 2.03. The van der Waals surface area contributed by atoms with Gasteiger partial charge in [-0.15, -0.1) is 0 Å². The summed E-state index contributed by atoms with van der Waals surface area (Å²) in [5.41, 5.74) is 0.0312. The zero-order valence-electron chi connectivity index (χ0n) is 16.2. The van der Waals surface area contributed by atoms with Gasteiger partial charge in [0.1, 0.15) is 0 Å². The van der Waals surface area contributed by atoms with Gasteiger partial charge in [0.15, 0.2) is 0 Å². The Bertz CT molecular complexity index is 905. The normalized spacial score (nSPS) is 19.0. The minimum absolute atomic E-state index is 0.00826. The lowest BCUT2D eigenvalue weighted by Crippen LogP contribution is -2.48. The van der Waals surface area contributed by atoms with Crippen molar-refractivity contribution in [3.05, 3.63) is 54.1 Å². The molecule has 0 fully saturated rings. The summed E-state index contributed by atoms with van der Waals surface area (Å²) in [5.74, 6) is 0. The number of alkyl halides is 3. The third kappa shape index (κ3) is 3.51. The van der Waals surface area contributed by atoms with E-state index < -0.39 is 11.7 Å². The van der Waals surface area contributed by atoms with Gasteiger partial charge in [-0.2, -0.15) is 18.4 Å². The van der Waals surface area contributed by atoms with Crippen molar-refractivity contribution in [3.8, 4) is 6.07 Å². The summed E-state index contributed by atoms with van der Waals surface area (Å²) in [5, 5.41) is 9.06. The lowest BCUT2D eigenvalue weighted by Gasteiger charge is -2.47. The summed E-state index contributed by atoms with van der Waals surface area (Å²) in [7, 11) is 0. The monoisotopic (exact) mass is 388 g/mol. The molecule has 28 heavy (non-hydrogen) atoms. The van der Waals surface area contributed by atoms with Gasteiger partial charge in [-0.25, -0.2) is 4.98 Å². The molecule has 4 nitrogen and oxygen atoms in total. The van der Waals surface area contributed by atoms with Gasteiger partial charge in [0.25, 0.3) is 0 Å². The zero-order chi connectivity index (χ0) is 20.5. The van der Waals surface area contributed by atoms with Gasteiger partial charge in [-0.3, -0.25) is 0 Å². The maximum absolute atomic E-state index is 13.4. The van der Waals surface area contributed by atoms with E-state index in [4.69, 9.17) is 5.26 Å². The van der Waals surface area contributed by atoms with Crippen molar-refractivity contribution >= 4 is 11.4 Å². The number of hydrogen-bond acceptors (Lipinski definition) is 3. The zero-order valence-corrected chi connectivity index (χ0v) is 16.2. The molecule has 2 aromatic rings. The second kappa shape index (κ2) is 7.34. The van der Waals surface area contributed by atoms with Crippen LogP contribution in [0.5, 0.6) is 0 Å². The number of nitrogens with zero attached hydrogens (tertiary/aromatic N) is 4. The molecule has 1 aromatic heterocycles. The van der Waals surface area contributed by atoms with Crippen molar-refractivity contribution in [3.63, 3.8) is 0 Å². The summed E-state index contributed by atoms with van der Waals surface area (Å²) >= 11 is 0. The molecule has 0 saturated carbocycles. The number of imidazole rings is 1. The summed E-state index contributed by atoms with van der Waals surface area (Å²) < 4.78 is 42.3. The molecule has 0 amide bonds. The quantitative estimate of drug-likeness (QED) is 0.711. The predicted molar refractivity (Wildman–Crippen MR) is 102 cm³/mol. The lowest BCUT2D eigenvalue weighted by molar-refractivity contribution is -0.137. The number of aromatic nitrogens is 2. The molecule has 0 spiro atoms. The first-order chi connectivity index (χ1) is 13.2. The Morgan fingerprint density at radius 1 is 1.36 bits per heavy atom. The van der Waals surface area contributed by atoms with Crippen molar-refractivity contribution in [2.45, 2.75) is 45.8 Å². The molecule has 148 valence electrons. The van der Waals surface area contributed by atoms with E-state index in [2.05, 4.69) is 24.9 Å². The minimum Gasteiger partial charge on any atom is -0.368 e. The van der Waals surface area contributed by atoms with E-state index in [0.717, 1.165) is 24.6 Å². The van der Waals surface area contributed by atoms with Crippen LogP contribution in [0.3, 0.4) is 0 Å². The van der Waals surface area contributed by atoms with E-state index in [1.807, 2.05) is 22.6 Å². The summed E-state index contributed by atoms with van der Waals surface area (Å²) in [4.78, 5) is 6.14. The van der Waals surface area contributed by atoms with E-state index in [9.17, 15) is 13.2 Å². The largest absolute Gasteiger partial charge is 0.417 e. The smallest absolute Gasteiger partial charge is 0.368 e. The molecule has 1 heterocycles. The van der Waals surface area contributed by atoms with Crippen LogP contribution in [0.1, 0.15) is 44.7 Å². The van der Waals surface area contributed by atoms with Crippen molar-refractivity contribution in [2.75, 3.05) is 11.4 Å². The van der Waals surface area contributed by atoms with Crippen LogP contribution in [0.25, 0.3) is 5.70 Å². The van der Waals surface area contributed by atoms with Crippen LogP contribution in [-0.4, -0.2) is 22.1 Å². The van der Waals surface area contributed by atoms with E-state index in [-0.39, 0.29) is 17.0 Å². The first kappa shape index (κ1) is 20.0. The Hall–Kier alpha value is -2.75. The number of anilines is 1. The summed E-state index contributed by atoms with van der Waals surface area (Å²) in [6.45, 7) is 6.73. The van der Waals surface area contributed by atoms with E-state index >= 15 is 0 Å². The summed E-state index contributed by atoms with van der Waals surface area (Å²) in [6, 6.07) is 5.64. The number of allylic oxidation sites excluding steroid dienone is 1. The second-order valence-corrected chi connectivity index (χ2v) is 7.50. The average molecular weight is 388 g/mol. The van der Waals surface area contributed by atoms with Gasteiger partial charge < -0.3 is 9.47 Å². The maximum atomic E-state index is 13.4. The SMILES string of the molecule is CCN(c1ccc(C#N)c(C(F)(F)F)c1)C1CCC=C(n2ccnc2)C1(C)C. The van der Waals surface area contributed by atoms with Crippen molar-refractivity contribution in [1.29, 1.82) is 5.26 Å². The first-order valence-electron chi connectivity index (χ1n) is 9.27. The van der Waals surface area contributed by atoms with Crippen LogP contribution >= 0.6 is 0 Å². The van der Waals surface area contributed by atoms with Gasteiger partial charge in [0, 0.05) is 41.8 Å². The van der Waals surface area contributed by atoms with Crippen molar-refractivity contribution < 1.29 is 13.2 Å². The predicted octanol–water partition coefficient (Wildman–Crippen LogP) is 5.33. The van der Waals surface area contributed by atoms with Crippen LogP contribution in [0.15, 0.2) is 43.0 Å². The number of hydrogen-bond donors (Lipinski definition) is 0. The number of benzene rings is 1. The highest BCUT2D eigenvalue weighted by Crippen LogP contribution is 2.44. The average Bonchev–Trinajstić information content (AvgIpc) is 3.16. The van der Waals surface area contributed by atoms with Crippen LogP contribution in [0.2, 0.25) is 0 Å². The third-order valence-electron chi connectivity index (χ3n) is 5.53. The lowest BCUT2D eigenvalue weighted by atomic mass is 9.74. The molecule has 0 N–H and O–H groups in total. The maximum Gasteiger partial charge on any atom is 0.417 e. The Kier molecular flexibility index (Phi) is 5.24. The molecule has 1 aromatic carbocycles. The molecular weight excluding hydrogens is 365 g/mol. The highest BCUT2D eigenvalue weighted by molar-refractivity contribution is 5.60. The molecule has 1 aliphatic rings. The van der Waals surface area contributed by atoms with E-state index in [0.29, 0.717) is 12.2 Å². The molecule has 3 rings (SSSR count). The van der Waals surface area contributed by atoms with Crippen LogP contribution in [0.4, 0.5) is 18.9 Å². The minimum atomic E-state index is -4.57. The molecule has 0 bridgehead atoms. The second-order valence-electron chi connectivity index (χ2n) is 7.50. The topological polar surface area (TPSA) is 44.9 Å². The fourth-order valence-electron chi connectivity index (χ4n) is 4.18. The number of nitriles is 1.